The van der Waals surface area contributed by atoms with Crippen molar-refractivity contribution < 1.29 is 0 Å². The van der Waals surface area contributed by atoms with E-state index in [-0.39, 0.29) is 5.56 Å². The summed E-state index contributed by atoms with van der Waals surface area (Å²) in [5.74, 6) is 0. The summed E-state index contributed by atoms with van der Waals surface area (Å²) in [4.78, 5) is 11.6. The number of rotatable bonds is 1. The van der Waals surface area contributed by atoms with Gasteiger partial charge in [0, 0.05) is 27.4 Å². The molecule has 0 unspecified atom stereocenters. The van der Waals surface area contributed by atoms with Crippen LogP contribution in [-0.4, -0.2) is 4.57 Å². The van der Waals surface area contributed by atoms with E-state index in [0.29, 0.717) is 5.02 Å². The van der Waals surface area contributed by atoms with Gasteiger partial charge in [-0.15, -0.1) is 0 Å². The smallest absolute Gasteiger partial charge is 0.256 e. The van der Waals surface area contributed by atoms with Gasteiger partial charge < -0.3 is 0 Å². The number of hydrogen-bond donors (Lipinski definition) is 0. The van der Waals surface area contributed by atoms with E-state index in [1.54, 1.807) is 16.8 Å². The third kappa shape index (κ3) is 2.30. The molecule has 15 heavy (non-hydrogen) atoms. The zero-order valence-corrected chi connectivity index (χ0v) is 9.99. The molecular formula is C11H7BrClNO. The minimum absolute atomic E-state index is 0.134. The number of hydrogen-bond acceptors (Lipinski definition) is 1. The fourth-order valence-corrected chi connectivity index (χ4v) is 1.68. The molecule has 0 fully saturated rings. The Hall–Kier alpha value is -1.06. The lowest BCUT2D eigenvalue weighted by Crippen LogP contribution is -2.15. The highest BCUT2D eigenvalue weighted by Gasteiger charge is 1.99. The monoisotopic (exact) mass is 283 g/mol. The lowest BCUT2D eigenvalue weighted by molar-refractivity contribution is 0.990. The SMILES string of the molecule is O=c1cc(Cl)ccn1-c1ccc(Br)cc1. The topological polar surface area (TPSA) is 22.0 Å². The van der Waals surface area contributed by atoms with Crippen LogP contribution in [0, 0.1) is 0 Å². The van der Waals surface area contributed by atoms with Crippen molar-refractivity contribution in [1.82, 2.24) is 4.57 Å². The van der Waals surface area contributed by atoms with Gasteiger partial charge >= 0.3 is 0 Å². The zero-order chi connectivity index (χ0) is 10.8. The first-order chi connectivity index (χ1) is 7.16. The molecular weight excluding hydrogens is 277 g/mol. The molecule has 0 N–H and O–H groups in total. The number of nitrogens with zero attached hydrogens (tertiary/aromatic N) is 1. The van der Waals surface area contributed by atoms with Crippen molar-refractivity contribution in [3.63, 3.8) is 0 Å². The quantitative estimate of drug-likeness (QED) is 0.788. The Morgan fingerprint density at radius 3 is 2.40 bits per heavy atom. The number of pyridine rings is 1. The van der Waals surface area contributed by atoms with Crippen molar-refractivity contribution in [2.75, 3.05) is 0 Å². The van der Waals surface area contributed by atoms with Gasteiger partial charge in [0.25, 0.3) is 5.56 Å². The molecule has 0 aliphatic carbocycles. The second kappa shape index (κ2) is 4.21. The Kier molecular flexibility index (Phi) is 2.93. The zero-order valence-electron chi connectivity index (χ0n) is 7.65. The molecule has 0 saturated carbocycles. The molecule has 76 valence electrons. The highest BCUT2D eigenvalue weighted by atomic mass is 79.9. The van der Waals surface area contributed by atoms with Crippen LogP contribution in [0.25, 0.3) is 5.69 Å². The lowest BCUT2D eigenvalue weighted by Gasteiger charge is -2.04. The van der Waals surface area contributed by atoms with E-state index in [1.165, 1.54) is 6.07 Å². The van der Waals surface area contributed by atoms with Crippen LogP contribution in [0.4, 0.5) is 0 Å². The van der Waals surface area contributed by atoms with Crippen molar-refractivity contribution in [3.05, 3.63) is 62.4 Å². The predicted octanol–water partition coefficient (Wildman–Crippen LogP) is 3.25. The summed E-state index contributed by atoms with van der Waals surface area (Å²) in [6.45, 7) is 0. The molecule has 0 atom stereocenters. The van der Waals surface area contributed by atoms with E-state index in [2.05, 4.69) is 15.9 Å². The van der Waals surface area contributed by atoms with Gasteiger partial charge in [0.05, 0.1) is 0 Å². The minimum Gasteiger partial charge on any atom is -0.284 e. The molecule has 0 aliphatic heterocycles. The Bertz CT molecular complexity index is 533. The summed E-state index contributed by atoms with van der Waals surface area (Å²) in [7, 11) is 0. The number of benzene rings is 1. The first kappa shape index (κ1) is 10.5. The van der Waals surface area contributed by atoms with Crippen LogP contribution in [0.15, 0.2) is 51.9 Å². The van der Waals surface area contributed by atoms with Crippen LogP contribution >= 0.6 is 27.5 Å². The summed E-state index contributed by atoms with van der Waals surface area (Å²) in [5.41, 5.74) is 0.685. The Morgan fingerprint density at radius 1 is 1.13 bits per heavy atom. The van der Waals surface area contributed by atoms with Gasteiger partial charge in [-0.1, -0.05) is 27.5 Å². The van der Waals surface area contributed by atoms with Gasteiger partial charge in [0.15, 0.2) is 0 Å². The van der Waals surface area contributed by atoms with Crippen LogP contribution in [0.5, 0.6) is 0 Å². The third-order valence-corrected chi connectivity index (χ3v) is 2.75. The summed E-state index contributed by atoms with van der Waals surface area (Å²) in [6.07, 6.45) is 1.66. The third-order valence-electron chi connectivity index (χ3n) is 1.99. The van der Waals surface area contributed by atoms with E-state index in [0.717, 1.165) is 10.2 Å². The average molecular weight is 285 g/mol. The maximum atomic E-state index is 11.6. The molecule has 0 amide bonds. The van der Waals surface area contributed by atoms with Crippen molar-refractivity contribution >= 4 is 27.5 Å². The molecule has 1 heterocycles. The highest BCUT2D eigenvalue weighted by Crippen LogP contribution is 2.13. The standard InChI is InChI=1S/C11H7BrClNO/c12-8-1-3-10(4-2-8)14-6-5-9(13)7-11(14)15/h1-7H. The molecule has 0 aliphatic rings. The maximum absolute atomic E-state index is 11.6. The molecule has 2 rings (SSSR count). The van der Waals surface area contributed by atoms with Gasteiger partial charge in [0.2, 0.25) is 0 Å². The van der Waals surface area contributed by atoms with E-state index in [9.17, 15) is 4.79 Å². The van der Waals surface area contributed by atoms with Crippen LogP contribution in [0.3, 0.4) is 0 Å². The highest BCUT2D eigenvalue weighted by molar-refractivity contribution is 9.10. The van der Waals surface area contributed by atoms with Gasteiger partial charge in [-0.05, 0) is 30.3 Å². The second-order valence-electron chi connectivity index (χ2n) is 3.03. The van der Waals surface area contributed by atoms with Crippen molar-refractivity contribution in [1.29, 1.82) is 0 Å². The normalized spacial score (nSPS) is 10.3. The summed E-state index contributed by atoms with van der Waals surface area (Å²) in [5, 5.41) is 0.452. The summed E-state index contributed by atoms with van der Waals surface area (Å²) < 4.78 is 2.52. The Labute approximate surface area is 100 Å². The number of aromatic nitrogens is 1. The largest absolute Gasteiger partial charge is 0.284 e. The Balaban J connectivity index is 2.55. The minimum atomic E-state index is -0.134. The molecule has 0 radical (unpaired) electrons. The van der Waals surface area contributed by atoms with Crippen LogP contribution in [0.2, 0.25) is 5.02 Å². The molecule has 0 spiro atoms. The van der Waals surface area contributed by atoms with Gasteiger partial charge in [-0.3, -0.25) is 9.36 Å². The maximum Gasteiger partial charge on any atom is 0.256 e. The summed E-state index contributed by atoms with van der Waals surface area (Å²) in [6, 6.07) is 10.6. The van der Waals surface area contributed by atoms with E-state index < -0.39 is 0 Å². The molecule has 0 saturated heterocycles. The molecule has 0 bridgehead atoms. The lowest BCUT2D eigenvalue weighted by atomic mass is 10.3. The average Bonchev–Trinajstić information content (AvgIpc) is 2.20. The second-order valence-corrected chi connectivity index (χ2v) is 4.38. The van der Waals surface area contributed by atoms with Crippen molar-refractivity contribution in [2.45, 2.75) is 0 Å². The van der Waals surface area contributed by atoms with Gasteiger partial charge in [0.1, 0.15) is 0 Å². The number of halogens is 2. The Morgan fingerprint density at radius 2 is 1.80 bits per heavy atom. The molecule has 1 aromatic carbocycles. The van der Waals surface area contributed by atoms with Gasteiger partial charge in [-0.25, -0.2) is 0 Å². The van der Waals surface area contributed by atoms with Crippen LogP contribution in [0.1, 0.15) is 0 Å². The predicted molar refractivity (Wildman–Crippen MR) is 64.7 cm³/mol. The fourth-order valence-electron chi connectivity index (χ4n) is 1.27. The molecule has 2 aromatic rings. The van der Waals surface area contributed by atoms with Crippen LogP contribution in [-0.2, 0) is 0 Å². The van der Waals surface area contributed by atoms with E-state index >= 15 is 0 Å². The molecule has 1 aromatic heterocycles. The molecule has 4 heteroatoms. The van der Waals surface area contributed by atoms with E-state index in [1.807, 2.05) is 24.3 Å². The van der Waals surface area contributed by atoms with Crippen molar-refractivity contribution in [2.24, 2.45) is 0 Å². The van der Waals surface area contributed by atoms with Crippen molar-refractivity contribution in [3.8, 4) is 5.69 Å². The first-order valence-corrected chi connectivity index (χ1v) is 5.48. The van der Waals surface area contributed by atoms with Crippen LogP contribution < -0.4 is 5.56 Å². The van der Waals surface area contributed by atoms with E-state index in [4.69, 9.17) is 11.6 Å². The first-order valence-electron chi connectivity index (χ1n) is 4.31. The molecule has 2 nitrogen and oxygen atoms in total. The summed E-state index contributed by atoms with van der Waals surface area (Å²) >= 11 is 9.05. The van der Waals surface area contributed by atoms with Gasteiger partial charge in [-0.2, -0.15) is 0 Å². The fraction of sp³-hybridized carbons (Fsp3) is 0.